The topological polar surface area (TPSA) is 97.6 Å². The molecule has 1 fully saturated rings. The van der Waals surface area contributed by atoms with E-state index >= 15 is 0 Å². The smallest absolute Gasteiger partial charge is 0.333 e. The van der Waals surface area contributed by atoms with Gasteiger partial charge in [0.05, 0.1) is 7.11 Å². The highest BCUT2D eigenvalue weighted by atomic mass is 35.5. The monoisotopic (exact) mass is 418 g/mol. The number of methoxy groups -OCH3 is 1. The normalized spacial score (nSPS) is 19.8. The summed E-state index contributed by atoms with van der Waals surface area (Å²) in [6.45, 7) is 0. The van der Waals surface area contributed by atoms with Gasteiger partial charge in [0.2, 0.25) is 5.91 Å². The molecule has 7 nitrogen and oxygen atoms in total. The molecule has 1 aromatic heterocycles. The van der Waals surface area contributed by atoms with E-state index in [1.54, 1.807) is 24.3 Å². The molecule has 0 spiro atoms. The largest absolute Gasteiger partial charge is 0.467 e. The lowest BCUT2D eigenvalue weighted by molar-refractivity contribution is -0.146. The van der Waals surface area contributed by atoms with Crippen molar-refractivity contribution in [1.82, 2.24) is 10.6 Å². The Bertz CT molecular complexity index is 859. The molecule has 1 aliphatic rings. The molecular formula is C21H23ClN2O5. The highest BCUT2D eigenvalue weighted by Crippen LogP contribution is 2.26. The molecule has 8 heteroatoms. The molecule has 0 unspecified atom stereocenters. The van der Waals surface area contributed by atoms with Crippen LogP contribution < -0.4 is 10.6 Å². The third-order valence-corrected chi connectivity index (χ3v) is 5.29. The zero-order valence-electron chi connectivity index (χ0n) is 16.0. The maximum atomic E-state index is 12.7. The van der Waals surface area contributed by atoms with Gasteiger partial charge < -0.3 is 19.8 Å². The first kappa shape index (κ1) is 20.9. The van der Waals surface area contributed by atoms with E-state index in [0.29, 0.717) is 31.2 Å². The van der Waals surface area contributed by atoms with Gasteiger partial charge in [0, 0.05) is 12.0 Å². The van der Waals surface area contributed by atoms with Gasteiger partial charge in [-0.1, -0.05) is 30.3 Å². The Morgan fingerprint density at radius 3 is 2.34 bits per heavy atom. The van der Waals surface area contributed by atoms with E-state index in [9.17, 15) is 14.4 Å². The minimum absolute atomic E-state index is 0.0408. The fourth-order valence-electron chi connectivity index (χ4n) is 3.49. The summed E-state index contributed by atoms with van der Waals surface area (Å²) in [5.74, 6) is -1.08. The van der Waals surface area contributed by atoms with E-state index < -0.39 is 12.0 Å². The maximum Gasteiger partial charge on any atom is 0.333 e. The minimum atomic E-state index is -0.838. The summed E-state index contributed by atoms with van der Waals surface area (Å²) in [5.41, 5.74) is 0.672. The first-order chi connectivity index (χ1) is 14.0. The molecule has 1 saturated carbocycles. The van der Waals surface area contributed by atoms with Gasteiger partial charge in [-0.15, -0.1) is 0 Å². The molecule has 0 bridgehead atoms. The summed E-state index contributed by atoms with van der Waals surface area (Å²) in [4.78, 5) is 37.0. The van der Waals surface area contributed by atoms with Crippen LogP contribution in [0.15, 0.2) is 46.9 Å². The predicted molar refractivity (Wildman–Crippen MR) is 106 cm³/mol. The van der Waals surface area contributed by atoms with Gasteiger partial charge in [0.15, 0.2) is 17.0 Å². The molecule has 1 heterocycles. The van der Waals surface area contributed by atoms with Crippen LogP contribution in [0.4, 0.5) is 0 Å². The number of esters is 1. The zero-order valence-corrected chi connectivity index (χ0v) is 16.8. The first-order valence-corrected chi connectivity index (χ1v) is 9.85. The molecule has 1 aromatic carbocycles. The molecular weight excluding hydrogens is 396 g/mol. The van der Waals surface area contributed by atoms with E-state index in [1.807, 2.05) is 6.07 Å². The number of benzene rings is 1. The molecule has 1 aliphatic carbocycles. The van der Waals surface area contributed by atoms with Crippen LogP contribution in [0.1, 0.15) is 47.8 Å². The Kier molecular flexibility index (Phi) is 6.93. The van der Waals surface area contributed by atoms with Crippen molar-refractivity contribution in [1.29, 1.82) is 0 Å². The summed E-state index contributed by atoms with van der Waals surface area (Å²) in [6, 6.07) is 11.1. The number of carbonyl (C=O) groups is 3. The lowest BCUT2D eigenvalue weighted by atomic mass is 9.85. The van der Waals surface area contributed by atoms with Crippen molar-refractivity contribution in [2.75, 3.05) is 7.11 Å². The van der Waals surface area contributed by atoms with E-state index in [4.69, 9.17) is 20.8 Å². The van der Waals surface area contributed by atoms with Gasteiger partial charge in [-0.3, -0.25) is 9.59 Å². The molecule has 29 heavy (non-hydrogen) atoms. The van der Waals surface area contributed by atoms with Crippen LogP contribution in [-0.4, -0.2) is 30.9 Å². The van der Waals surface area contributed by atoms with E-state index in [-0.39, 0.29) is 34.8 Å². The van der Waals surface area contributed by atoms with Crippen molar-refractivity contribution in [2.45, 2.75) is 37.8 Å². The molecule has 2 amide bonds. The number of rotatable bonds is 6. The van der Waals surface area contributed by atoms with Gasteiger partial charge >= 0.3 is 5.97 Å². The molecule has 2 N–H and O–H groups in total. The van der Waals surface area contributed by atoms with Crippen molar-refractivity contribution in [3.63, 3.8) is 0 Å². The zero-order chi connectivity index (χ0) is 20.8. The number of hydrogen-bond donors (Lipinski definition) is 2. The quantitative estimate of drug-likeness (QED) is 0.702. The van der Waals surface area contributed by atoms with Crippen molar-refractivity contribution in [3.8, 4) is 0 Å². The highest BCUT2D eigenvalue weighted by Gasteiger charge is 2.31. The fourth-order valence-corrected chi connectivity index (χ4v) is 3.64. The Morgan fingerprint density at radius 1 is 1.07 bits per heavy atom. The van der Waals surface area contributed by atoms with E-state index in [0.717, 1.165) is 0 Å². The first-order valence-electron chi connectivity index (χ1n) is 9.47. The molecule has 0 aliphatic heterocycles. The summed E-state index contributed by atoms with van der Waals surface area (Å²) in [5, 5.41) is 5.87. The van der Waals surface area contributed by atoms with E-state index in [2.05, 4.69) is 10.6 Å². The number of carbonyl (C=O) groups excluding carboxylic acids is 3. The van der Waals surface area contributed by atoms with Crippen LogP contribution in [0.25, 0.3) is 0 Å². The Labute approximate surface area is 173 Å². The van der Waals surface area contributed by atoms with Crippen molar-refractivity contribution in [2.24, 2.45) is 5.92 Å². The number of hydrogen-bond acceptors (Lipinski definition) is 5. The Hall–Kier alpha value is -2.80. The lowest BCUT2D eigenvalue weighted by Gasteiger charge is -2.29. The second-order valence-corrected chi connectivity index (χ2v) is 7.37. The van der Waals surface area contributed by atoms with Crippen LogP contribution in [0.3, 0.4) is 0 Å². The molecule has 0 radical (unpaired) electrons. The molecule has 154 valence electrons. The van der Waals surface area contributed by atoms with E-state index in [1.165, 1.54) is 19.2 Å². The summed E-state index contributed by atoms with van der Waals surface area (Å²) in [7, 11) is 1.30. The summed E-state index contributed by atoms with van der Waals surface area (Å²) < 4.78 is 9.95. The number of amides is 2. The van der Waals surface area contributed by atoms with Crippen molar-refractivity contribution >= 4 is 29.4 Å². The van der Waals surface area contributed by atoms with Gasteiger partial charge in [0.1, 0.15) is 0 Å². The number of nitrogens with one attached hydrogen (secondary N) is 2. The number of ether oxygens (including phenoxy) is 1. The highest BCUT2D eigenvalue weighted by molar-refractivity contribution is 6.29. The number of furan rings is 1. The fraction of sp³-hybridized carbons (Fsp3) is 0.381. The average Bonchev–Trinajstić information content (AvgIpc) is 3.19. The molecule has 3 rings (SSSR count). The van der Waals surface area contributed by atoms with Crippen LogP contribution in [0, 0.1) is 5.92 Å². The molecule has 0 saturated heterocycles. The van der Waals surface area contributed by atoms with Crippen molar-refractivity contribution < 1.29 is 23.5 Å². The standard InChI is InChI=1S/C21H23ClN2O5/c1-28-21(27)18(13-5-3-2-4-6-13)24-19(25)14-7-9-15(10-8-14)23-20(26)16-11-12-17(22)29-16/h2-6,11-12,14-15,18H,7-10H2,1H3,(H,23,26)(H,24,25)/t14?,15?,18-/m0/s1. The lowest BCUT2D eigenvalue weighted by Crippen LogP contribution is -2.42. The van der Waals surface area contributed by atoms with Gasteiger partial charge in [-0.05, 0) is 55.0 Å². The Balaban J connectivity index is 1.53. The minimum Gasteiger partial charge on any atom is -0.467 e. The Morgan fingerprint density at radius 2 is 1.76 bits per heavy atom. The van der Waals surface area contributed by atoms with Crippen LogP contribution >= 0.6 is 11.6 Å². The third-order valence-electron chi connectivity index (χ3n) is 5.09. The average molecular weight is 419 g/mol. The van der Waals surface area contributed by atoms with Crippen LogP contribution in [0.2, 0.25) is 5.22 Å². The summed E-state index contributed by atoms with van der Waals surface area (Å²) in [6.07, 6.45) is 2.54. The van der Waals surface area contributed by atoms with Gasteiger partial charge in [0.25, 0.3) is 5.91 Å². The molecule has 2 aromatic rings. The maximum absolute atomic E-state index is 12.7. The number of halogens is 1. The third kappa shape index (κ3) is 5.38. The predicted octanol–water partition coefficient (Wildman–Crippen LogP) is 3.25. The second-order valence-electron chi connectivity index (χ2n) is 7.00. The van der Waals surface area contributed by atoms with Crippen LogP contribution in [0.5, 0.6) is 0 Å². The van der Waals surface area contributed by atoms with Crippen LogP contribution in [-0.2, 0) is 14.3 Å². The van der Waals surface area contributed by atoms with Crippen molar-refractivity contribution in [3.05, 3.63) is 59.0 Å². The molecule has 1 atom stereocenters. The summed E-state index contributed by atoms with van der Waals surface area (Å²) >= 11 is 5.70. The van der Waals surface area contributed by atoms with Gasteiger partial charge in [-0.2, -0.15) is 0 Å². The second kappa shape index (κ2) is 9.60. The van der Waals surface area contributed by atoms with Gasteiger partial charge in [-0.25, -0.2) is 4.79 Å². The SMILES string of the molecule is COC(=O)[C@@H](NC(=O)C1CCC(NC(=O)c2ccc(Cl)o2)CC1)c1ccccc1.